The molecule has 1 unspecified atom stereocenters. The Morgan fingerprint density at radius 3 is 2.50 bits per heavy atom. The Balaban J connectivity index is 2.71. The van der Waals surface area contributed by atoms with Crippen LogP contribution in [0.5, 0.6) is 5.75 Å². The molecule has 1 heterocycles. The average molecular weight is 256 g/mol. The Morgan fingerprint density at radius 1 is 1.22 bits per heavy atom. The van der Waals surface area contributed by atoms with Gasteiger partial charge in [-0.1, -0.05) is 0 Å². The second-order valence-electron chi connectivity index (χ2n) is 3.55. The molecule has 0 spiro atoms. The van der Waals surface area contributed by atoms with E-state index in [-0.39, 0.29) is 6.10 Å². The van der Waals surface area contributed by atoms with Crippen LogP contribution in [0.15, 0.2) is 6.33 Å². The predicted molar refractivity (Wildman–Crippen MR) is 69.3 cm³/mol. The zero-order valence-corrected chi connectivity index (χ0v) is 11.2. The summed E-state index contributed by atoms with van der Waals surface area (Å²) in [6.07, 6.45) is 1.42. The van der Waals surface area contributed by atoms with Crippen molar-refractivity contribution in [3.05, 3.63) is 6.33 Å². The third-order valence-corrected chi connectivity index (χ3v) is 2.43. The molecule has 102 valence electrons. The summed E-state index contributed by atoms with van der Waals surface area (Å²) in [5.41, 5.74) is 0. The van der Waals surface area contributed by atoms with Crippen molar-refractivity contribution in [2.24, 2.45) is 0 Å². The first-order valence-electron chi connectivity index (χ1n) is 5.59. The molecule has 0 aromatic carbocycles. The van der Waals surface area contributed by atoms with Gasteiger partial charge in [-0.3, -0.25) is 0 Å². The highest BCUT2D eigenvalue weighted by Crippen LogP contribution is 2.28. The van der Waals surface area contributed by atoms with Gasteiger partial charge in [-0.25, -0.2) is 9.97 Å². The van der Waals surface area contributed by atoms with E-state index in [0.29, 0.717) is 30.5 Å². The Bertz CT molecular complexity index is 362. The fourth-order valence-electron chi connectivity index (χ4n) is 1.48. The Morgan fingerprint density at radius 2 is 1.94 bits per heavy atom. The van der Waals surface area contributed by atoms with Crippen molar-refractivity contribution in [2.45, 2.75) is 6.10 Å². The van der Waals surface area contributed by atoms with Gasteiger partial charge < -0.3 is 24.8 Å². The first-order chi connectivity index (χ1) is 8.76. The van der Waals surface area contributed by atoms with Gasteiger partial charge >= 0.3 is 0 Å². The van der Waals surface area contributed by atoms with Gasteiger partial charge in [0.2, 0.25) is 5.75 Å². The van der Waals surface area contributed by atoms with Crippen molar-refractivity contribution in [1.82, 2.24) is 9.97 Å². The molecule has 0 fully saturated rings. The number of nitrogens with zero attached hydrogens (tertiary/aromatic N) is 2. The molecular weight excluding hydrogens is 236 g/mol. The van der Waals surface area contributed by atoms with E-state index in [2.05, 4.69) is 20.6 Å². The lowest BCUT2D eigenvalue weighted by molar-refractivity contribution is 0.0365. The van der Waals surface area contributed by atoms with Gasteiger partial charge in [0.05, 0.1) is 19.8 Å². The van der Waals surface area contributed by atoms with Crippen LogP contribution in [0.25, 0.3) is 0 Å². The van der Waals surface area contributed by atoms with Gasteiger partial charge in [-0.15, -0.1) is 0 Å². The summed E-state index contributed by atoms with van der Waals surface area (Å²) in [5, 5.41) is 6.10. The molecule has 0 aliphatic rings. The van der Waals surface area contributed by atoms with Gasteiger partial charge in [-0.05, 0) is 0 Å². The maximum absolute atomic E-state index is 5.27. The van der Waals surface area contributed by atoms with Crippen LogP contribution in [-0.2, 0) is 9.47 Å². The fraction of sp³-hybridized carbons (Fsp3) is 0.636. The smallest absolute Gasteiger partial charge is 0.204 e. The molecule has 1 aromatic rings. The predicted octanol–water partition coefficient (Wildman–Crippen LogP) is 0.600. The van der Waals surface area contributed by atoms with Crippen LogP contribution in [0.2, 0.25) is 0 Å². The average Bonchev–Trinajstić information content (AvgIpc) is 2.42. The fourth-order valence-corrected chi connectivity index (χ4v) is 1.48. The van der Waals surface area contributed by atoms with Crippen molar-refractivity contribution in [3.8, 4) is 5.75 Å². The number of aromatic nitrogens is 2. The van der Waals surface area contributed by atoms with E-state index < -0.39 is 0 Å². The third kappa shape index (κ3) is 3.71. The van der Waals surface area contributed by atoms with Crippen LogP contribution in [-0.4, -0.2) is 57.6 Å². The van der Waals surface area contributed by atoms with E-state index in [0.717, 1.165) is 0 Å². The quantitative estimate of drug-likeness (QED) is 0.705. The molecule has 2 N–H and O–H groups in total. The van der Waals surface area contributed by atoms with E-state index in [1.54, 1.807) is 28.4 Å². The van der Waals surface area contributed by atoms with Crippen LogP contribution in [0.1, 0.15) is 0 Å². The second-order valence-corrected chi connectivity index (χ2v) is 3.55. The normalized spacial score (nSPS) is 12.0. The molecule has 1 atom stereocenters. The monoisotopic (exact) mass is 256 g/mol. The highest BCUT2D eigenvalue weighted by atomic mass is 16.5. The summed E-state index contributed by atoms with van der Waals surface area (Å²) in [4.78, 5) is 8.21. The highest BCUT2D eigenvalue weighted by Gasteiger charge is 2.13. The van der Waals surface area contributed by atoms with Gasteiger partial charge in [0.15, 0.2) is 11.6 Å². The number of anilines is 2. The van der Waals surface area contributed by atoms with Crippen molar-refractivity contribution in [1.29, 1.82) is 0 Å². The standard InChI is InChI=1S/C11H20N4O3/c1-12-10-9(18-4)11(15-7-14-10)13-5-8(17-3)6-16-2/h7-8H,5-6H2,1-4H3,(H2,12,13,14,15). The zero-order valence-electron chi connectivity index (χ0n) is 11.2. The number of methoxy groups -OCH3 is 3. The lowest BCUT2D eigenvalue weighted by Gasteiger charge is -2.17. The molecule has 0 bridgehead atoms. The molecule has 0 saturated heterocycles. The summed E-state index contributed by atoms with van der Waals surface area (Å²) >= 11 is 0. The summed E-state index contributed by atoms with van der Waals surface area (Å²) in [7, 11) is 6.63. The molecule has 0 aliphatic carbocycles. The maximum atomic E-state index is 5.27. The van der Waals surface area contributed by atoms with E-state index in [1.807, 2.05) is 0 Å². The molecule has 0 aliphatic heterocycles. The number of ether oxygens (including phenoxy) is 3. The molecule has 7 nitrogen and oxygen atoms in total. The first kappa shape index (κ1) is 14.5. The minimum atomic E-state index is -0.0484. The summed E-state index contributed by atoms with van der Waals surface area (Å²) < 4.78 is 15.6. The van der Waals surface area contributed by atoms with Crippen LogP contribution in [0.3, 0.4) is 0 Å². The molecule has 0 saturated carbocycles. The van der Waals surface area contributed by atoms with Crippen molar-refractivity contribution >= 4 is 11.6 Å². The second kappa shape index (κ2) is 7.67. The molecule has 18 heavy (non-hydrogen) atoms. The Hall–Kier alpha value is -1.60. The van der Waals surface area contributed by atoms with E-state index in [1.165, 1.54) is 6.33 Å². The first-order valence-corrected chi connectivity index (χ1v) is 5.59. The molecule has 0 amide bonds. The third-order valence-electron chi connectivity index (χ3n) is 2.43. The van der Waals surface area contributed by atoms with Crippen LogP contribution < -0.4 is 15.4 Å². The highest BCUT2D eigenvalue weighted by molar-refractivity contribution is 5.63. The minimum Gasteiger partial charge on any atom is -0.490 e. The lowest BCUT2D eigenvalue weighted by Crippen LogP contribution is -2.27. The molecular formula is C11H20N4O3. The largest absolute Gasteiger partial charge is 0.490 e. The maximum Gasteiger partial charge on any atom is 0.204 e. The number of rotatable bonds is 8. The van der Waals surface area contributed by atoms with E-state index in [9.17, 15) is 0 Å². The Labute approximate surface area is 107 Å². The van der Waals surface area contributed by atoms with Gasteiger partial charge in [0.25, 0.3) is 0 Å². The van der Waals surface area contributed by atoms with Crippen molar-refractivity contribution in [2.75, 3.05) is 52.2 Å². The van der Waals surface area contributed by atoms with Crippen LogP contribution in [0.4, 0.5) is 11.6 Å². The van der Waals surface area contributed by atoms with Gasteiger partial charge in [-0.2, -0.15) is 0 Å². The summed E-state index contributed by atoms with van der Waals surface area (Å²) in [6.45, 7) is 1.08. The van der Waals surface area contributed by atoms with Crippen LogP contribution >= 0.6 is 0 Å². The zero-order chi connectivity index (χ0) is 13.4. The number of hydrogen-bond acceptors (Lipinski definition) is 7. The van der Waals surface area contributed by atoms with Crippen molar-refractivity contribution in [3.63, 3.8) is 0 Å². The number of hydrogen-bond donors (Lipinski definition) is 2. The molecule has 0 radical (unpaired) electrons. The van der Waals surface area contributed by atoms with Gasteiger partial charge in [0, 0.05) is 27.8 Å². The van der Waals surface area contributed by atoms with Gasteiger partial charge in [0.1, 0.15) is 6.33 Å². The molecule has 1 rings (SSSR count). The number of nitrogens with one attached hydrogen (secondary N) is 2. The molecule has 1 aromatic heterocycles. The molecule has 7 heteroatoms. The van der Waals surface area contributed by atoms with Crippen molar-refractivity contribution < 1.29 is 14.2 Å². The topological polar surface area (TPSA) is 77.5 Å². The lowest BCUT2D eigenvalue weighted by atomic mass is 10.3. The summed E-state index contributed by atoms with van der Waals surface area (Å²) in [5.74, 6) is 1.83. The Kier molecular flexibility index (Phi) is 6.16. The van der Waals surface area contributed by atoms with E-state index >= 15 is 0 Å². The SMILES string of the molecule is CNc1ncnc(NCC(COC)OC)c1OC. The minimum absolute atomic E-state index is 0.0484. The van der Waals surface area contributed by atoms with E-state index in [4.69, 9.17) is 14.2 Å². The summed E-state index contributed by atoms with van der Waals surface area (Å²) in [6, 6.07) is 0. The van der Waals surface area contributed by atoms with Crippen LogP contribution in [0, 0.1) is 0 Å².